The van der Waals surface area contributed by atoms with Crippen molar-refractivity contribution in [3.05, 3.63) is 59.1 Å². The second kappa shape index (κ2) is 8.07. The molecule has 0 aliphatic rings. The summed E-state index contributed by atoms with van der Waals surface area (Å²) in [6, 6.07) is 9.88. The third-order valence-electron chi connectivity index (χ3n) is 3.96. The van der Waals surface area contributed by atoms with Gasteiger partial charge < -0.3 is 15.2 Å². The van der Waals surface area contributed by atoms with E-state index in [0.29, 0.717) is 10.7 Å². The van der Waals surface area contributed by atoms with Gasteiger partial charge in [-0.1, -0.05) is 23.7 Å². The molecule has 0 saturated heterocycles. The first kappa shape index (κ1) is 21.5. The Morgan fingerprint density at radius 2 is 1.61 bits per heavy atom. The molecule has 2 aromatic carbocycles. The molecule has 0 fully saturated rings. The Morgan fingerprint density at radius 3 is 2.07 bits per heavy atom. The first-order chi connectivity index (χ1) is 13.0. The number of anilines is 2. The summed E-state index contributed by atoms with van der Waals surface area (Å²) in [5.41, 5.74) is -3.86. The van der Waals surface area contributed by atoms with Crippen molar-refractivity contribution in [2.45, 2.75) is 11.8 Å². The molecule has 0 aromatic heterocycles. The van der Waals surface area contributed by atoms with Crippen LogP contribution in [0.15, 0.2) is 48.5 Å². The van der Waals surface area contributed by atoms with Crippen molar-refractivity contribution in [3.8, 4) is 0 Å². The van der Waals surface area contributed by atoms with Crippen LogP contribution in [0.5, 0.6) is 0 Å². The van der Waals surface area contributed by atoms with Gasteiger partial charge in [0, 0.05) is 29.0 Å². The fraction of sp³-hybridized carbons (Fsp3) is 0.222. The second-order valence-electron chi connectivity index (χ2n) is 5.74. The maximum Gasteiger partial charge on any atom is 0.432 e. The topological polar surface area (TPSA) is 78.9 Å². The van der Waals surface area contributed by atoms with E-state index >= 15 is 0 Å². The Labute approximate surface area is 163 Å². The van der Waals surface area contributed by atoms with E-state index in [4.69, 9.17) is 11.6 Å². The Hall–Kier alpha value is -2.78. The highest BCUT2D eigenvalue weighted by Gasteiger charge is 2.62. The number of nitrogens with one attached hydrogen (secondary N) is 1. The molecule has 0 spiro atoms. The quantitative estimate of drug-likeness (QED) is 0.740. The summed E-state index contributed by atoms with van der Waals surface area (Å²) >= 11 is 5.77. The van der Waals surface area contributed by atoms with Gasteiger partial charge in [0.2, 0.25) is 0 Å². The molecule has 2 aromatic rings. The first-order valence-electron chi connectivity index (χ1n) is 7.79. The van der Waals surface area contributed by atoms with Crippen LogP contribution in [0, 0.1) is 0 Å². The van der Waals surface area contributed by atoms with E-state index in [1.165, 1.54) is 7.05 Å². The Balaban J connectivity index is 2.23. The fourth-order valence-corrected chi connectivity index (χ4v) is 2.45. The lowest BCUT2D eigenvalue weighted by molar-refractivity contribution is -0.266. The Kier molecular flexibility index (Phi) is 6.20. The van der Waals surface area contributed by atoms with Crippen molar-refractivity contribution < 1.29 is 32.6 Å². The number of rotatable bonds is 4. The van der Waals surface area contributed by atoms with Gasteiger partial charge in [0.1, 0.15) is 0 Å². The number of alkyl halides is 3. The minimum absolute atomic E-state index is 0.226. The minimum Gasteiger partial charge on any atom is -0.466 e. The molecule has 2 amide bonds. The first-order valence-corrected chi connectivity index (χ1v) is 8.17. The highest BCUT2D eigenvalue weighted by Crippen LogP contribution is 2.40. The largest absolute Gasteiger partial charge is 0.466 e. The molecule has 0 aliphatic carbocycles. The number of benzene rings is 2. The predicted octanol–water partition coefficient (Wildman–Crippen LogP) is 3.93. The number of hydrogen-bond donors (Lipinski definition) is 2. The van der Waals surface area contributed by atoms with Crippen LogP contribution in [0.4, 0.5) is 29.3 Å². The number of halogens is 4. The van der Waals surface area contributed by atoms with Crippen LogP contribution in [0.2, 0.25) is 5.02 Å². The van der Waals surface area contributed by atoms with Crippen LogP contribution in [-0.4, -0.2) is 37.4 Å². The van der Waals surface area contributed by atoms with Crippen molar-refractivity contribution >= 4 is 35.0 Å². The molecule has 10 heteroatoms. The zero-order valence-corrected chi connectivity index (χ0v) is 15.5. The smallest absolute Gasteiger partial charge is 0.432 e. The number of ether oxygens (including phenoxy) is 1. The molecule has 1 unspecified atom stereocenters. The van der Waals surface area contributed by atoms with Crippen LogP contribution >= 0.6 is 11.6 Å². The van der Waals surface area contributed by atoms with Crippen LogP contribution in [0.1, 0.15) is 5.56 Å². The number of methoxy groups -OCH3 is 1. The Bertz CT molecular complexity index is 857. The van der Waals surface area contributed by atoms with Crippen LogP contribution in [0.25, 0.3) is 0 Å². The minimum atomic E-state index is -5.29. The van der Waals surface area contributed by atoms with Gasteiger partial charge in [0.05, 0.1) is 7.11 Å². The monoisotopic (exact) mass is 416 g/mol. The summed E-state index contributed by atoms with van der Waals surface area (Å²) in [7, 11) is 2.14. The lowest BCUT2D eigenvalue weighted by Crippen LogP contribution is -2.49. The molecular weight excluding hydrogens is 401 g/mol. The van der Waals surface area contributed by atoms with Gasteiger partial charge in [-0.25, -0.2) is 9.59 Å². The van der Waals surface area contributed by atoms with E-state index in [2.05, 4.69) is 10.1 Å². The SMILES string of the molecule is COC(=O)C(O)(c1ccc(N(C)C(=O)Nc2ccc(Cl)cc2)cc1)C(F)(F)F. The molecule has 0 bridgehead atoms. The van der Waals surface area contributed by atoms with Gasteiger partial charge in [-0.15, -0.1) is 0 Å². The number of amides is 2. The second-order valence-corrected chi connectivity index (χ2v) is 6.18. The van der Waals surface area contributed by atoms with E-state index in [-0.39, 0.29) is 5.69 Å². The van der Waals surface area contributed by atoms with Gasteiger partial charge in [0.15, 0.2) is 0 Å². The molecule has 1 atom stereocenters. The number of carbonyl (C=O) groups is 2. The zero-order valence-electron chi connectivity index (χ0n) is 14.7. The number of esters is 1. The third kappa shape index (κ3) is 4.20. The van der Waals surface area contributed by atoms with E-state index in [1.807, 2.05) is 0 Å². The normalized spacial score (nSPS) is 13.4. The van der Waals surface area contributed by atoms with Crippen molar-refractivity contribution in [2.24, 2.45) is 0 Å². The number of carbonyl (C=O) groups excluding carboxylic acids is 2. The molecule has 2 rings (SSSR count). The van der Waals surface area contributed by atoms with E-state index in [9.17, 15) is 27.9 Å². The molecule has 0 saturated carbocycles. The van der Waals surface area contributed by atoms with Gasteiger partial charge in [0.25, 0.3) is 5.60 Å². The number of nitrogens with zero attached hydrogens (tertiary/aromatic N) is 1. The summed E-state index contributed by atoms with van der Waals surface area (Å²) in [6.07, 6.45) is -5.29. The molecule has 0 aliphatic heterocycles. The standard InChI is InChI=1S/C18H16ClF3N2O4/c1-24(16(26)23-13-7-5-12(19)6-8-13)14-9-3-11(4-10-14)17(27,15(25)28-2)18(20,21)22/h3-10,27H,1-2H3,(H,23,26). The zero-order chi connectivity index (χ0) is 21.1. The fourth-order valence-electron chi connectivity index (χ4n) is 2.33. The van der Waals surface area contributed by atoms with Crippen molar-refractivity contribution in [1.82, 2.24) is 0 Å². The summed E-state index contributed by atoms with van der Waals surface area (Å²) in [6.45, 7) is 0. The molecule has 28 heavy (non-hydrogen) atoms. The maximum atomic E-state index is 13.3. The average molecular weight is 417 g/mol. The van der Waals surface area contributed by atoms with Crippen molar-refractivity contribution in [1.29, 1.82) is 0 Å². The highest BCUT2D eigenvalue weighted by atomic mass is 35.5. The molecule has 0 radical (unpaired) electrons. The molecule has 0 heterocycles. The molecule has 6 nitrogen and oxygen atoms in total. The van der Waals surface area contributed by atoms with Gasteiger partial charge in [-0.3, -0.25) is 4.90 Å². The van der Waals surface area contributed by atoms with E-state index < -0.39 is 29.3 Å². The van der Waals surface area contributed by atoms with E-state index in [1.54, 1.807) is 24.3 Å². The number of aliphatic hydroxyl groups is 1. The Morgan fingerprint density at radius 1 is 1.07 bits per heavy atom. The predicted molar refractivity (Wildman–Crippen MR) is 97.3 cm³/mol. The number of urea groups is 1. The molecule has 2 N–H and O–H groups in total. The van der Waals surface area contributed by atoms with Gasteiger partial charge >= 0.3 is 18.2 Å². The van der Waals surface area contributed by atoms with Crippen LogP contribution in [-0.2, 0) is 15.1 Å². The summed E-state index contributed by atoms with van der Waals surface area (Å²) < 4.78 is 43.8. The lowest BCUT2D eigenvalue weighted by atomic mass is 9.93. The summed E-state index contributed by atoms with van der Waals surface area (Å²) in [5.74, 6) is -1.86. The average Bonchev–Trinajstić information content (AvgIpc) is 2.67. The lowest BCUT2D eigenvalue weighted by Gasteiger charge is -2.28. The van der Waals surface area contributed by atoms with Crippen molar-refractivity contribution in [2.75, 3.05) is 24.4 Å². The van der Waals surface area contributed by atoms with Crippen LogP contribution in [0.3, 0.4) is 0 Å². The maximum absolute atomic E-state index is 13.3. The van der Waals surface area contributed by atoms with Gasteiger partial charge in [-0.05, 0) is 36.4 Å². The van der Waals surface area contributed by atoms with E-state index in [0.717, 1.165) is 36.3 Å². The molecule has 150 valence electrons. The molecular formula is C18H16ClF3N2O4. The summed E-state index contributed by atoms with van der Waals surface area (Å²) in [4.78, 5) is 25.0. The summed E-state index contributed by atoms with van der Waals surface area (Å²) in [5, 5.41) is 13.0. The number of hydrogen-bond acceptors (Lipinski definition) is 4. The third-order valence-corrected chi connectivity index (χ3v) is 4.22. The van der Waals surface area contributed by atoms with Crippen molar-refractivity contribution in [3.63, 3.8) is 0 Å². The van der Waals surface area contributed by atoms with Crippen LogP contribution < -0.4 is 10.2 Å². The van der Waals surface area contributed by atoms with Gasteiger partial charge in [-0.2, -0.15) is 13.2 Å². The highest BCUT2D eigenvalue weighted by molar-refractivity contribution is 6.30.